The molecule has 13 amide bonds. The number of carbonyl (C=O) groups excluding carboxylic acids is 13. The number of rotatable bonds is 25. The second-order valence-corrected chi connectivity index (χ2v) is 27.0. The Hall–Kier alpha value is -12.4. The van der Waals surface area contributed by atoms with Gasteiger partial charge >= 0.3 is 12.1 Å². The number of guanidine groups is 2. The van der Waals surface area contributed by atoms with E-state index in [-0.39, 0.29) is 96.4 Å². The Morgan fingerprint density at radius 1 is 0.631 bits per heavy atom. The van der Waals surface area contributed by atoms with Crippen LogP contribution in [0.4, 0.5) is 4.79 Å². The molecule has 3 aliphatic rings. The summed E-state index contributed by atoms with van der Waals surface area (Å²) in [6.07, 6.45) is 2.10. The van der Waals surface area contributed by atoms with Crippen molar-refractivity contribution in [2.24, 2.45) is 17.2 Å². The lowest BCUT2D eigenvalue weighted by Gasteiger charge is -2.30. The minimum absolute atomic E-state index is 0.00437. The number of benzene rings is 3. The zero-order chi connectivity index (χ0) is 80.8. The number of nitrogens with one attached hydrogen (secondary N) is 16. The summed E-state index contributed by atoms with van der Waals surface area (Å²) in [5.74, 6) is -15.1. The van der Waals surface area contributed by atoms with Crippen molar-refractivity contribution in [3.05, 3.63) is 120 Å². The first-order valence-electron chi connectivity index (χ1n) is 36.6. The van der Waals surface area contributed by atoms with E-state index in [1.165, 1.54) is 19.1 Å². The van der Waals surface area contributed by atoms with E-state index in [4.69, 9.17) is 32.8 Å². The van der Waals surface area contributed by atoms with Crippen LogP contribution in [0.3, 0.4) is 0 Å². The fourth-order valence-corrected chi connectivity index (χ4v) is 13.1. The number of alkyl carbamates (subject to hydrolysis) is 1. The highest BCUT2D eigenvalue weighted by Gasteiger charge is 2.42. The molecule has 2 saturated heterocycles. The highest BCUT2D eigenvalue weighted by atomic mass is 16.5. The quantitative estimate of drug-likeness (QED) is 0.0144. The van der Waals surface area contributed by atoms with Crippen LogP contribution in [0.15, 0.2) is 103 Å². The molecule has 2 fully saturated rings. The lowest BCUT2D eigenvalue weighted by Crippen LogP contribution is -2.61. The normalized spacial score (nSPS) is 22.6. The summed E-state index contributed by atoms with van der Waals surface area (Å²) < 4.78 is 5.59. The predicted octanol–water partition coefficient (Wildman–Crippen LogP) is -2.30. The number of H-pyrrole nitrogens is 1. The topological polar surface area (TPSA) is 590 Å². The van der Waals surface area contributed by atoms with E-state index in [9.17, 15) is 77.3 Å². The van der Waals surface area contributed by atoms with Crippen LogP contribution >= 0.6 is 0 Å². The van der Waals surface area contributed by atoms with Crippen LogP contribution in [0.1, 0.15) is 121 Å². The first-order valence-corrected chi connectivity index (χ1v) is 36.6. The second kappa shape index (κ2) is 42.3. The molecule has 0 radical (unpaired) electrons. The summed E-state index contributed by atoms with van der Waals surface area (Å²) in [5.41, 5.74) is 21.9. The van der Waals surface area contributed by atoms with Gasteiger partial charge in [-0.25, -0.2) is 4.79 Å². The van der Waals surface area contributed by atoms with Crippen LogP contribution in [0.5, 0.6) is 0 Å². The van der Waals surface area contributed by atoms with Crippen LogP contribution in [0, 0.1) is 10.8 Å². The molecule has 1 unspecified atom stereocenters. The minimum Gasteiger partial charge on any atom is -0.481 e. The number of fused-ring (bicyclic) bond motifs is 5. The number of nitrogens with two attached hydrogens (primary N) is 3. The average molecular weight is 1540 g/mol. The number of hydrogen-bond acceptors (Lipinski definition) is 18. The van der Waals surface area contributed by atoms with E-state index in [2.05, 4.69) is 74.1 Å². The predicted molar refractivity (Wildman–Crippen MR) is 404 cm³/mol. The number of primary amides is 1. The molecular weight excluding hydrogens is 1440 g/mol. The zero-order valence-electron chi connectivity index (χ0n) is 61.9. The van der Waals surface area contributed by atoms with Crippen molar-refractivity contribution in [3.8, 4) is 11.1 Å². The number of allylic oxidation sites excluding steroid dienone is 2. The van der Waals surface area contributed by atoms with Crippen molar-refractivity contribution < 1.29 is 82.1 Å². The molecule has 37 nitrogen and oxygen atoms in total. The Balaban J connectivity index is 1.21. The molecule has 1 aromatic heterocycles. The Morgan fingerprint density at radius 3 is 1.80 bits per heavy atom. The van der Waals surface area contributed by atoms with Crippen molar-refractivity contribution in [2.75, 3.05) is 39.4 Å². The zero-order valence-corrected chi connectivity index (χ0v) is 61.9. The van der Waals surface area contributed by atoms with Gasteiger partial charge in [-0.15, -0.1) is 0 Å². The number of aromatic amines is 1. The molecule has 598 valence electrons. The summed E-state index contributed by atoms with van der Waals surface area (Å²) in [6.45, 7) is 2.37. The van der Waals surface area contributed by atoms with Gasteiger partial charge in [-0.1, -0.05) is 91.0 Å². The van der Waals surface area contributed by atoms with Gasteiger partial charge in [0.05, 0.1) is 13.0 Å². The van der Waals surface area contributed by atoms with Gasteiger partial charge in [0.15, 0.2) is 11.9 Å². The van der Waals surface area contributed by atoms with Gasteiger partial charge < -0.3 is 111 Å². The molecule has 0 saturated carbocycles. The highest BCUT2D eigenvalue weighted by Crippen LogP contribution is 2.44. The molecule has 3 aromatic carbocycles. The minimum atomic E-state index is -2.03. The van der Waals surface area contributed by atoms with E-state index >= 15 is 0 Å². The maximum Gasteiger partial charge on any atom is 0.407 e. The Labute approximate surface area is 639 Å². The van der Waals surface area contributed by atoms with Crippen molar-refractivity contribution in [1.82, 2.24) is 79.0 Å². The average Bonchev–Trinajstić information content (AvgIpc) is 1.61. The van der Waals surface area contributed by atoms with Gasteiger partial charge in [-0.3, -0.25) is 73.1 Å². The molecule has 0 spiro atoms. The van der Waals surface area contributed by atoms with Gasteiger partial charge in [0, 0.05) is 43.2 Å². The number of aliphatic hydroxyl groups excluding tert-OH is 1. The Bertz CT molecular complexity index is 4050. The molecule has 0 bridgehead atoms. The summed E-state index contributed by atoms with van der Waals surface area (Å²) >= 11 is 0. The number of aliphatic carboxylic acids is 1. The second-order valence-electron chi connectivity index (χ2n) is 27.0. The van der Waals surface area contributed by atoms with E-state index < -0.39 is 194 Å². The van der Waals surface area contributed by atoms with Gasteiger partial charge in [0.25, 0.3) is 0 Å². The first kappa shape index (κ1) is 85.8. The number of aliphatic hydroxyl groups is 1. The molecule has 3 heterocycles. The van der Waals surface area contributed by atoms with Crippen LogP contribution in [-0.4, -0.2) is 221 Å². The molecule has 111 heavy (non-hydrogen) atoms. The Morgan fingerprint density at radius 2 is 1.19 bits per heavy atom. The summed E-state index contributed by atoms with van der Waals surface area (Å²) in [7, 11) is 0. The highest BCUT2D eigenvalue weighted by molar-refractivity contribution is 6.01. The van der Waals surface area contributed by atoms with Gasteiger partial charge in [-0.2, -0.15) is 0 Å². The fraction of sp³-hybridized carbons (Fsp3) is 0.459. The van der Waals surface area contributed by atoms with Crippen LogP contribution in [0.25, 0.3) is 22.0 Å². The lowest BCUT2D eigenvalue weighted by molar-refractivity contribution is -0.146. The summed E-state index contributed by atoms with van der Waals surface area (Å²) in [4.78, 5) is 202. The third-order valence-corrected chi connectivity index (χ3v) is 18.8. The molecule has 2 aliphatic heterocycles. The molecule has 37 heteroatoms. The number of para-hydroxylation sites is 1. The molecule has 4 aromatic rings. The van der Waals surface area contributed by atoms with Gasteiger partial charge in [0.2, 0.25) is 70.9 Å². The molecule has 7 rings (SSSR count). The standard InChI is InChI=1S/C74H100N20O17/c1-4-6-23-50(85-59(96)37-82-74(110)111-39-47-45-21-11-9-19-43(45)44-20-10-12-22-46(44)47)64(102)88-52-27-14-26-49(61(75)99)86-65(103)53(28-15-31-80-72(76)77)89-68(106)55(35-42-34-41-18-8-13-25-48(41)84-42)91-62(100)40(3)83-63(101)51(24-7-5-2)87-66(104)54(29-16-32-81-73(78)79)90-70(108)58-30-17-33-94(58)71(109)56(36-60(97)98)92-69(107)57(38-95)93-67(52)105/h4-13,18-22,25,34,40,47,49-58,84,95H,14-17,23-24,26-33,35-39H2,1-3H3,(H2,75,99)(H,82,110)(H,83,101)(H,85,96)(H,86,103)(H,87,104)(H,88,102)(H,89,106)(H,90,108)(H,91,100)(H,92,107)(H,93,105)(H,97,98)(H4,76,77,80)(H4,78,79,81)/t40-,49-,50-,51-,52-,53-,54-,55-,56-,57-,58?/m0/s1. The number of ether oxygens (including phenoxy) is 1. The van der Waals surface area contributed by atoms with Gasteiger partial charge in [-0.05, 0) is 131 Å². The monoisotopic (exact) mass is 1540 g/mol. The molecular formula is C74H100N20O17. The number of hydrogen-bond donors (Lipinski definition) is 21. The van der Waals surface area contributed by atoms with Crippen LogP contribution < -0.4 is 86.3 Å². The SMILES string of the molecule is CC=CC[C@H](NC(=O)CNC(=O)OCC1c2ccccc2-c2ccccc21)C(=O)N[C@H]1CCC[C@@H](C(N)=O)NC(=O)[C@H](CCCNC(=N)N)NC(=O)[C@H](Cc2cc3ccccc3[nH]2)NC(=O)[C@H](C)NC(=O)[C@H](CC=CC)NC(=O)[C@H](CCCNC(=N)N)NC(=O)C2CCCN2C(=O)[C@H](CC(=O)O)NC(=O)[C@H](CO)NC1=O. The third kappa shape index (κ3) is 25.6. The van der Waals surface area contributed by atoms with E-state index in [0.717, 1.165) is 32.5 Å². The van der Waals surface area contributed by atoms with Crippen molar-refractivity contribution in [3.63, 3.8) is 0 Å². The largest absolute Gasteiger partial charge is 0.481 e. The lowest BCUT2D eigenvalue weighted by atomic mass is 9.98. The van der Waals surface area contributed by atoms with E-state index in [0.29, 0.717) is 11.2 Å². The summed E-state index contributed by atoms with van der Waals surface area (Å²) in [6, 6.07) is 6.32. The van der Waals surface area contributed by atoms with Crippen molar-refractivity contribution in [2.45, 2.75) is 177 Å². The number of amides is 13. The molecule has 1 aliphatic carbocycles. The number of carbonyl (C=O) groups is 14. The van der Waals surface area contributed by atoms with E-state index in [1.807, 2.05) is 48.5 Å². The number of aromatic nitrogens is 1. The van der Waals surface area contributed by atoms with Gasteiger partial charge in [0.1, 0.15) is 79.6 Å². The van der Waals surface area contributed by atoms with Crippen LogP contribution in [0.2, 0.25) is 0 Å². The van der Waals surface area contributed by atoms with Crippen LogP contribution in [-0.2, 0) is 73.5 Å². The van der Waals surface area contributed by atoms with Crippen molar-refractivity contribution >= 4 is 106 Å². The number of carboxylic acid groups (broad SMARTS) is 1. The maximum absolute atomic E-state index is 14.8. The Kier molecular flexibility index (Phi) is 32.7. The molecule has 24 N–H and O–H groups in total. The number of carboxylic acids is 1. The fourth-order valence-electron chi connectivity index (χ4n) is 13.1. The maximum atomic E-state index is 14.8. The summed E-state index contributed by atoms with van der Waals surface area (Å²) in [5, 5.41) is 69.8. The first-order chi connectivity index (χ1) is 53.1. The number of nitrogens with zero attached hydrogens (tertiary/aromatic N) is 1. The van der Waals surface area contributed by atoms with Crippen molar-refractivity contribution in [1.29, 1.82) is 10.8 Å². The smallest absolute Gasteiger partial charge is 0.407 e. The van der Waals surface area contributed by atoms with E-state index in [1.54, 1.807) is 56.3 Å². The third-order valence-electron chi connectivity index (χ3n) is 18.8. The molecule has 11 atom stereocenters.